The zero-order valence-electron chi connectivity index (χ0n) is 11.8. The smallest absolute Gasteiger partial charge is 0.247 e. The first-order valence-corrected chi connectivity index (χ1v) is 6.35. The van der Waals surface area contributed by atoms with E-state index in [-0.39, 0.29) is 11.8 Å². The Hall–Kier alpha value is -2.24. The predicted octanol–water partition coefficient (Wildman–Crippen LogP) is 1.26. The molecule has 6 heteroatoms. The summed E-state index contributed by atoms with van der Waals surface area (Å²) in [7, 11) is 4.73. The number of carbonyl (C=O) groups is 2. The first-order chi connectivity index (χ1) is 9.56. The predicted molar refractivity (Wildman–Crippen MR) is 74.0 cm³/mol. The summed E-state index contributed by atoms with van der Waals surface area (Å²) in [6.45, 7) is 0. The molecule has 108 valence electrons. The molecule has 1 aliphatic rings. The highest BCUT2D eigenvalue weighted by atomic mass is 16.5. The van der Waals surface area contributed by atoms with E-state index in [1.165, 1.54) is 12.0 Å². The summed E-state index contributed by atoms with van der Waals surface area (Å²) in [6.07, 6.45) is 0.952. The number of likely N-dealkylation sites (tertiary alicyclic amines) is 1. The second-order valence-corrected chi connectivity index (χ2v) is 4.61. The maximum absolute atomic E-state index is 12.2. The van der Waals surface area contributed by atoms with E-state index in [1.54, 1.807) is 32.4 Å². The number of nitrogens with zero attached hydrogens (tertiary/aromatic N) is 1. The highest BCUT2D eigenvalue weighted by molar-refractivity contribution is 5.99. The summed E-state index contributed by atoms with van der Waals surface area (Å²) in [5.74, 6) is 0.950. The summed E-state index contributed by atoms with van der Waals surface area (Å²) in [6, 6.07) is 4.72. The lowest BCUT2D eigenvalue weighted by Crippen LogP contribution is -2.38. The van der Waals surface area contributed by atoms with Crippen LogP contribution >= 0.6 is 0 Å². The van der Waals surface area contributed by atoms with Crippen molar-refractivity contribution < 1.29 is 19.1 Å². The second-order valence-electron chi connectivity index (χ2n) is 4.61. The SMILES string of the molecule is COc1ccc(NC(=O)C2CCC(=O)N2C)c(OC)c1. The van der Waals surface area contributed by atoms with Crippen LogP contribution in [0.3, 0.4) is 0 Å². The molecule has 1 aliphatic heterocycles. The van der Waals surface area contributed by atoms with Gasteiger partial charge in [0.25, 0.3) is 0 Å². The molecule has 6 nitrogen and oxygen atoms in total. The quantitative estimate of drug-likeness (QED) is 0.900. The zero-order valence-corrected chi connectivity index (χ0v) is 11.8. The van der Waals surface area contributed by atoms with Gasteiger partial charge in [-0.3, -0.25) is 9.59 Å². The molecular weight excluding hydrogens is 260 g/mol. The number of ether oxygens (including phenoxy) is 2. The summed E-state index contributed by atoms with van der Waals surface area (Å²) >= 11 is 0. The van der Waals surface area contributed by atoms with E-state index in [0.717, 1.165) is 0 Å². The lowest BCUT2D eigenvalue weighted by molar-refractivity contribution is -0.131. The van der Waals surface area contributed by atoms with Crippen molar-refractivity contribution in [1.82, 2.24) is 4.90 Å². The zero-order chi connectivity index (χ0) is 14.7. The summed E-state index contributed by atoms with van der Waals surface area (Å²) in [4.78, 5) is 25.1. The fourth-order valence-corrected chi connectivity index (χ4v) is 2.23. The van der Waals surface area contributed by atoms with Crippen molar-refractivity contribution in [3.8, 4) is 11.5 Å². The molecule has 1 aromatic carbocycles. The molecular formula is C14H18N2O4. The van der Waals surface area contributed by atoms with E-state index >= 15 is 0 Å². The number of rotatable bonds is 4. The largest absolute Gasteiger partial charge is 0.497 e. The monoisotopic (exact) mass is 278 g/mol. The third kappa shape index (κ3) is 2.68. The summed E-state index contributed by atoms with van der Waals surface area (Å²) in [5.41, 5.74) is 0.561. The van der Waals surface area contributed by atoms with Crippen molar-refractivity contribution in [2.75, 3.05) is 26.6 Å². The highest BCUT2D eigenvalue weighted by Gasteiger charge is 2.33. The van der Waals surface area contributed by atoms with E-state index in [9.17, 15) is 9.59 Å². The van der Waals surface area contributed by atoms with Crippen LogP contribution in [0.15, 0.2) is 18.2 Å². The number of likely N-dealkylation sites (N-methyl/N-ethyl adjacent to an activating group) is 1. The molecule has 2 rings (SSSR count). The fraction of sp³-hybridized carbons (Fsp3) is 0.429. The molecule has 20 heavy (non-hydrogen) atoms. The van der Waals surface area contributed by atoms with Gasteiger partial charge in [-0.1, -0.05) is 0 Å². The van der Waals surface area contributed by atoms with E-state index in [1.807, 2.05) is 0 Å². The highest BCUT2D eigenvalue weighted by Crippen LogP contribution is 2.29. The maximum Gasteiger partial charge on any atom is 0.247 e. The van der Waals surface area contributed by atoms with Crippen LogP contribution < -0.4 is 14.8 Å². The van der Waals surface area contributed by atoms with Gasteiger partial charge in [0.2, 0.25) is 11.8 Å². The van der Waals surface area contributed by atoms with Gasteiger partial charge in [0, 0.05) is 19.5 Å². The van der Waals surface area contributed by atoms with E-state index < -0.39 is 6.04 Å². The molecule has 0 aromatic heterocycles. The first kappa shape index (κ1) is 14.2. The van der Waals surface area contributed by atoms with Crippen LogP contribution in [0.4, 0.5) is 5.69 Å². The molecule has 0 aliphatic carbocycles. The van der Waals surface area contributed by atoms with Crippen LogP contribution in [-0.4, -0.2) is 44.0 Å². The Morgan fingerprint density at radius 3 is 2.65 bits per heavy atom. The van der Waals surface area contributed by atoms with E-state index in [2.05, 4.69) is 5.32 Å². The average molecular weight is 278 g/mol. The number of methoxy groups -OCH3 is 2. The van der Waals surface area contributed by atoms with Gasteiger partial charge >= 0.3 is 0 Å². The Labute approximate surface area is 117 Å². The Morgan fingerprint density at radius 2 is 2.10 bits per heavy atom. The molecule has 1 atom stereocenters. The number of amides is 2. The van der Waals surface area contributed by atoms with Crippen LogP contribution in [0.2, 0.25) is 0 Å². The fourth-order valence-electron chi connectivity index (χ4n) is 2.23. The van der Waals surface area contributed by atoms with Crippen LogP contribution in [0.5, 0.6) is 11.5 Å². The topological polar surface area (TPSA) is 67.9 Å². The maximum atomic E-state index is 12.2. The van der Waals surface area contributed by atoms with Crippen LogP contribution in [0.1, 0.15) is 12.8 Å². The summed E-state index contributed by atoms with van der Waals surface area (Å²) < 4.78 is 10.3. The van der Waals surface area contributed by atoms with Crippen LogP contribution in [0, 0.1) is 0 Å². The van der Waals surface area contributed by atoms with Gasteiger partial charge in [0.05, 0.1) is 19.9 Å². The molecule has 2 amide bonds. The van der Waals surface area contributed by atoms with Crippen molar-refractivity contribution in [1.29, 1.82) is 0 Å². The number of carbonyl (C=O) groups excluding carboxylic acids is 2. The number of hydrogen-bond donors (Lipinski definition) is 1. The number of benzene rings is 1. The Kier molecular flexibility index (Phi) is 4.12. The van der Waals surface area contributed by atoms with Crippen LogP contribution in [0.25, 0.3) is 0 Å². The van der Waals surface area contributed by atoms with Gasteiger partial charge in [-0.2, -0.15) is 0 Å². The van der Waals surface area contributed by atoms with Gasteiger partial charge in [0.15, 0.2) is 0 Å². The van der Waals surface area contributed by atoms with Gasteiger partial charge in [-0.25, -0.2) is 0 Å². The van der Waals surface area contributed by atoms with E-state index in [4.69, 9.17) is 9.47 Å². The first-order valence-electron chi connectivity index (χ1n) is 6.35. The second kappa shape index (κ2) is 5.81. The minimum atomic E-state index is -0.422. The Morgan fingerprint density at radius 1 is 1.35 bits per heavy atom. The van der Waals surface area contributed by atoms with Crippen molar-refractivity contribution >= 4 is 17.5 Å². The van der Waals surface area contributed by atoms with E-state index in [0.29, 0.717) is 30.0 Å². The molecule has 0 radical (unpaired) electrons. The molecule has 1 unspecified atom stereocenters. The van der Waals surface area contributed by atoms with Crippen molar-refractivity contribution in [2.24, 2.45) is 0 Å². The normalized spacial score (nSPS) is 18.1. The van der Waals surface area contributed by atoms with Gasteiger partial charge in [-0.05, 0) is 18.6 Å². The molecule has 0 spiro atoms. The molecule has 1 aromatic rings. The molecule has 0 saturated carbocycles. The third-order valence-corrected chi connectivity index (χ3v) is 3.46. The summed E-state index contributed by atoms with van der Waals surface area (Å²) in [5, 5.41) is 2.79. The Balaban J connectivity index is 2.13. The number of anilines is 1. The van der Waals surface area contributed by atoms with Crippen molar-refractivity contribution in [3.05, 3.63) is 18.2 Å². The van der Waals surface area contributed by atoms with Crippen molar-refractivity contribution in [3.63, 3.8) is 0 Å². The molecule has 0 bridgehead atoms. The molecule has 1 N–H and O–H groups in total. The molecule has 1 fully saturated rings. The third-order valence-electron chi connectivity index (χ3n) is 3.46. The number of nitrogens with one attached hydrogen (secondary N) is 1. The minimum Gasteiger partial charge on any atom is -0.497 e. The molecule has 1 heterocycles. The van der Waals surface area contributed by atoms with Gasteiger partial charge in [-0.15, -0.1) is 0 Å². The lowest BCUT2D eigenvalue weighted by atomic mass is 10.2. The minimum absolute atomic E-state index is 0.00755. The van der Waals surface area contributed by atoms with Crippen molar-refractivity contribution in [2.45, 2.75) is 18.9 Å². The Bertz CT molecular complexity index is 530. The lowest BCUT2D eigenvalue weighted by Gasteiger charge is -2.20. The number of hydrogen-bond acceptors (Lipinski definition) is 4. The molecule has 1 saturated heterocycles. The van der Waals surface area contributed by atoms with Crippen LogP contribution in [-0.2, 0) is 9.59 Å². The standard InChI is InChI=1S/C14H18N2O4/c1-16-11(6-7-13(16)17)14(18)15-10-5-4-9(19-2)8-12(10)20-3/h4-5,8,11H,6-7H2,1-3H3,(H,15,18). The van der Waals surface area contributed by atoms with Gasteiger partial charge < -0.3 is 19.7 Å². The average Bonchev–Trinajstić information content (AvgIpc) is 2.79. The van der Waals surface area contributed by atoms with Gasteiger partial charge in [0.1, 0.15) is 17.5 Å².